The minimum atomic E-state index is 0.00660. The van der Waals surface area contributed by atoms with Crippen LogP contribution in [0.15, 0.2) is 122 Å². The zero-order valence-electron chi connectivity index (χ0n) is 26.7. The lowest BCUT2D eigenvalue weighted by Crippen LogP contribution is -2.27. The number of para-hydroxylation sites is 1. The molecular formula is C40H38N4O. The van der Waals surface area contributed by atoms with Crippen molar-refractivity contribution in [2.75, 3.05) is 0 Å². The fourth-order valence-corrected chi connectivity index (χ4v) is 5.81. The summed E-state index contributed by atoms with van der Waals surface area (Å²) in [5.74, 6) is 2.42. The van der Waals surface area contributed by atoms with Crippen LogP contribution >= 0.6 is 0 Å². The normalized spacial score (nSPS) is 12.2. The Bertz CT molecular complexity index is 2160. The number of benzene rings is 4. The number of nitrogens with zero attached hydrogens (tertiary/aromatic N) is 4. The van der Waals surface area contributed by atoms with Crippen molar-refractivity contribution >= 4 is 21.8 Å². The molecule has 0 unspecified atom stereocenters. The van der Waals surface area contributed by atoms with Crippen LogP contribution in [-0.2, 0) is 10.8 Å². The highest BCUT2D eigenvalue weighted by molar-refractivity contribution is 6.09. The first-order valence-electron chi connectivity index (χ1n) is 15.5. The van der Waals surface area contributed by atoms with Crippen molar-refractivity contribution in [1.29, 1.82) is 0 Å². The maximum atomic E-state index is 6.52. The molecule has 0 saturated heterocycles. The number of pyridine rings is 1. The van der Waals surface area contributed by atoms with Crippen LogP contribution in [0.1, 0.15) is 52.7 Å². The molecule has 0 amide bonds. The topological polar surface area (TPSA) is 35.9 Å². The van der Waals surface area contributed by atoms with Gasteiger partial charge in [0.1, 0.15) is 17.3 Å². The van der Waals surface area contributed by atoms with Gasteiger partial charge in [0, 0.05) is 35.4 Å². The van der Waals surface area contributed by atoms with Gasteiger partial charge in [-0.2, -0.15) is 0 Å². The van der Waals surface area contributed by atoms with Gasteiger partial charge in [-0.15, -0.1) is 0 Å². The van der Waals surface area contributed by atoms with Gasteiger partial charge < -0.3 is 4.74 Å². The predicted molar refractivity (Wildman–Crippen MR) is 182 cm³/mol. The number of hydrogen-bond donors (Lipinski definition) is 0. The maximum Gasteiger partial charge on any atom is 0.268 e. The van der Waals surface area contributed by atoms with E-state index in [1.54, 1.807) is 0 Å². The summed E-state index contributed by atoms with van der Waals surface area (Å²) >= 11 is 0. The first kappa shape index (κ1) is 28.6. The second-order valence-electron chi connectivity index (χ2n) is 13.7. The van der Waals surface area contributed by atoms with Crippen LogP contribution in [0.25, 0.3) is 39.0 Å². The summed E-state index contributed by atoms with van der Waals surface area (Å²) in [6.45, 7) is 13.5. The van der Waals surface area contributed by atoms with E-state index in [1.165, 1.54) is 21.9 Å². The molecule has 224 valence electrons. The molecule has 4 aromatic carbocycles. The first-order valence-corrected chi connectivity index (χ1v) is 15.5. The lowest BCUT2D eigenvalue weighted by atomic mass is 9.86. The molecule has 45 heavy (non-hydrogen) atoms. The van der Waals surface area contributed by atoms with E-state index in [9.17, 15) is 0 Å². The first-order chi connectivity index (χ1) is 21.5. The summed E-state index contributed by atoms with van der Waals surface area (Å²) in [4.78, 5) is 4.86. The van der Waals surface area contributed by atoms with E-state index in [4.69, 9.17) is 9.72 Å². The molecule has 0 fully saturated rings. The second-order valence-corrected chi connectivity index (χ2v) is 13.7. The smallest absolute Gasteiger partial charge is 0.268 e. The van der Waals surface area contributed by atoms with Crippen LogP contribution in [0.3, 0.4) is 0 Å². The summed E-state index contributed by atoms with van der Waals surface area (Å²) in [5, 5.41) is 2.39. The monoisotopic (exact) mass is 590 g/mol. The number of ether oxygens (including phenoxy) is 1. The Balaban J connectivity index is 1.31. The van der Waals surface area contributed by atoms with Crippen molar-refractivity contribution in [2.24, 2.45) is 0 Å². The van der Waals surface area contributed by atoms with E-state index < -0.39 is 0 Å². The molecule has 0 bridgehead atoms. The van der Waals surface area contributed by atoms with Gasteiger partial charge in [-0.05, 0) is 88.7 Å². The molecule has 5 heteroatoms. The summed E-state index contributed by atoms with van der Waals surface area (Å²) < 4.78 is 12.7. The van der Waals surface area contributed by atoms with Crippen molar-refractivity contribution in [1.82, 2.24) is 14.1 Å². The standard InChI is InChI=1S/C40H38N4O/c1-39(2,3)28-15-18-36-35(23-28)34-17-16-33(26-37(34)44(36)38-24-29(19-20-41-38)40(4,5)6)45-32-14-10-13-31(25-32)43-22-21-42(27-43)30-11-8-7-9-12-30/h7-26H,1-6H3. The Labute approximate surface area is 265 Å². The highest BCUT2D eigenvalue weighted by atomic mass is 16.5. The van der Waals surface area contributed by atoms with Gasteiger partial charge in [-0.25, -0.2) is 4.98 Å². The van der Waals surface area contributed by atoms with Crippen LogP contribution in [-0.4, -0.2) is 14.1 Å². The Hall–Kier alpha value is -5.16. The third-order valence-corrected chi connectivity index (χ3v) is 8.39. The van der Waals surface area contributed by atoms with Gasteiger partial charge in [-0.1, -0.05) is 71.9 Å². The average Bonchev–Trinajstić information content (AvgIpc) is 3.64. The number of fused-ring (bicyclic) bond motifs is 3. The minimum Gasteiger partial charge on any atom is -0.458 e. The highest BCUT2D eigenvalue weighted by Gasteiger charge is 2.21. The van der Waals surface area contributed by atoms with Gasteiger partial charge in [0.25, 0.3) is 6.33 Å². The van der Waals surface area contributed by atoms with Crippen molar-refractivity contribution < 1.29 is 9.30 Å². The van der Waals surface area contributed by atoms with Crippen LogP contribution < -0.4 is 9.30 Å². The Morgan fingerprint density at radius 2 is 1.42 bits per heavy atom. The molecule has 0 atom stereocenters. The van der Waals surface area contributed by atoms with Gasteiger partial charge in [0.05, 0.1) is 22.4 Å². The zero-order chi connectivity index (χ0) is 31.3. The number of aromatic nitrogens is 4. The Morgan fingerprint density at radius 3 is 2.20 bits per heavy atom. The largest absolute Gasteiger partial charge is 0.458 e. The van der Waals surface area contributed by atoms with Crippen molar-refractivity contribution in [2.45, 2.75) is 52.4 Å². The van der Waals surface area contributed by atoms with Gasteiger partial charge in [0.15, 0.2) is 0 Å². The summed E-state index contributed by atoms with van der Waals surface area (Å²) in [5.41, 5.74) is 6.81. The lowest BCUT2D eigenvalue weighted by Gasteiger charge is -2.20. The second kappa shape index (κ2) is 10.8. The van der Waals surface area contributed by atoms with E-state index >= 15 is 0 Å². The van der Waals surface area contributed by atoms with E-state index in [0.29, 0.717) is 0 Å². The van der Waals surface area contributed by atoms with Gasteiger partial charge >= 0.3 is 0 Å². The fourth-order valence-electron chi connectivity index (χ4n) is 5.81. The molecule has 0 N–H and O–H groups in total. The molecule has 3 heterocycles. The van der Waals surface area contributed by atoms with Crippen LogP contribution in [0.4, 0.5) is 0 Å². The Morgan fingerprint density at radius 1 is 0.667 bits per heavy atom. The average molecular weight is 591 g/mol. The Kier molecular flexibility index (Phi) is 6.85. The van der Waals surface area contributed by atoms with E-state index in [0.717, 1.165) is 39.7 Å². The van der Waals surface area contributed by atoms with E-state index in [-0.39, 0.29) is 10.8 Å². The molecule has 0 aliphatic heterocycles. The van der Waals surface area contributed by atoms with Gasteiger partial charge in [-0.3, -0.25) is 13.7 Å². The zero-order valence-corrected chi connectivity index (χ0v) is 26.7. The predicted octanol–water partition coefficient (Wildman–Crippen LogP) is 9.43. The maximum absolute atomic E-state index is 6.52. The third-order valence-electron chi connectivity index (χ3n) is 8.39. The van der Waals surface area contributed by atoms with Crippen LogP contribution in [0.5, 0.6) is 11.5 Å². The van der Waals surface area contributed by atoms with Gasteiger partial charge in [0.2, 0.25) is 0 Å². The van der Waals surface area contributed by atoms with Crippen molar-refractivity contribution in [3.05, 3.63) is 139 Å². The summed E-state index contributed by atoms with van der Waals surface area (Å²) in [6, 6.07) is 35.8. The molecule has 5 nitrogen and oxygen atoms in total. The van der Waals surface area contributed by atoms with E-state index in [2.05, 4.69) is 119 Å². The number of imidazole rings is 1. The molecule has 0 saturated carbocycles. The van der Waals surface area contributed by atoms with E-state index in [1.807, 2.05) is 64.1 Å². The SMILES string of the molecule is CC(C)(C)c1ccnc(-n2c3ccc(C(C)(C)C)cc3c3ccc(Oc4cccc(-n5[c-][n+](-c6ccccc6)cc5)c4)cc32)c1. The van der Waals surface area contributed by atoms with Crippen molar-refractivity contribution in [3.63, 3.8) is 0 Å². The number of rotatable bonds is 5. The highest BCUT2D eigenvalue weighted by Crippen LogP contribution is 2.38. The molecule has 7 rings (SSSR count). The third kappa shape index (κ3) is 5.51. The molecule has 3 aromatic heterocycles. The minimum absolute atomic E-state index is 0.00660. The molecule has 0 aliphatic carbocycles. The number of hydrogen-bond acceptors (Lipinski definition) is 2. The fraction of sp³-hybridized carbons (Fsp3) is 0.200. The van der Waals surface area contributed by atoms with Crippen LogP contribution in [0.2, 0.25) is 0 Å². The molecule has 7 aromatic rings. The molecular weight excluding hydrogens is 552 g/mol. The molecule has 0 radical (unpaired) electrons. The lowest BCUT2D eigenvalue weighted by molar-refractivity contribution is -0.599. The summed E-state index contributed by atoms with van der Waals surface area (Å²) in [6.07, 6.45) is 9.32. The quantitative estimate of drug-likeness (QED) is 0.148. The molecule has 0 spiro atoms. The summed E-state index contributed by atoms with van der Waals surface area (Å²) in [7, 11) is 0. The van der Waals surface area contributed by atoms with Crippen LogP contribution in [0, 0.1) is 6.33 Å². The van der Waals surface area contributed by atoms with Crippen molar-refractivity contribution in [3.8, 4) is 28.7 Å². The molecule has 0 aliphatic rings.